The molecule has 0 saturated heterocycles. The van der Waals surface area contributed by atoms with Crippen molar-refractivity contribution in [3.63, 3.8) is 0 Å². The molecule has 1 amide bonds. The van der Waals surface area contributed by atoms with Gasteiger partial charge in [0.2, 0.25) is 0 Å². The van der Waals surface area contributed by atoms with Gasteiger partial charge in [-0.25, -0.2) is 4.39 Å². The summed E-state index contributed by atoms with van der Waals surface area (Å²) in [6.45, 7) is 0.567. The summed E-state index contributed by atoms with van der Waals surface area (Å²) in [4.78, 5) is 14.1. The highest BCUT2D eigenvalue weighted by molar-refractivity contribution is 9.10. The number of carbonyl (C=O) groups is 1. The van der Waals surface area contributed by atoms with Gasteiger partial charge in [-0.3, -0.25) is 4.79 Å². The standard InChI is InChI=1S/C15H10BrClFNO/c16-12-7-10(2-4-13(12)17)15(20)19-6-5-9-1-3-11(18)8-14(9)19/h1-4,7-8H,5-6H2. The van der Waals surface area contributed by atoms with Crippen molar-refractivity contribution in [2.75, 3.05) is 11.4 Å². The maximum Gasteiger partial charge on any atom is 0.258 e. The average Bonchev–Trinajstić information content (AvgIpc) is 2.84. The number of halogens is 3. The predicted molar refractivity (Wildman–Crippen MR) is 80.9 cm³/mol. The van der Waals surface area contributed by atoms with Crippen LogP contribution in [-0.2, 0) is 6.42 Å². The SMILES string of the molecule is O=C(c1ccc(Cl)c(Br)c1)N1CCc2ccc(F)cc21. The third-order valence-electron chi connectivity index (χ3n) is 3.35. The number of benzene rings is 2. The van der Waals surface area contributed by atoms with Crippen molar-refractivity contribution < 1.29 is 9.18 Å². The van der Waals surface area contributed by atoms with Crippen LogP contribution < -0.4 is 4.90 Å². The maximum absolute atomic E-state index is 13.4. The predicted octanol–water partition coefficient (Wildman–Crippen LogP) is 4.44. The molecule has 2 nitrogen and oxygen atoms in total. The Kier molecular flexibility index (Phi) is 3.52. The fourth-order valence-electron chi connectivity index (χ4n) is 2.35. The van der Waals surface area contributed by atoms with Crippen LogP contribution in [0.15, 0.2) is 40.9 Å². The summed E-state index contributed by atoms with van der Waals surface area (Å²) in [5.74, 6) is -0.479. The molecule has 1 heterocycles. The number of carbonyl (C=O) groups excluding carboxylic acids is 1. The second-order valence-corrected chi connectivity index (χ2v) is 5.87. The topological polar surface area (TPSA) is 20.3 Å². The van der Waals surface area contributed by atoms with Gasteiger partial charge in [-0.15, -0.1) is 0 Å². The molecule has 0 aliphatic carbocycles. The van der Waals surface area contributed by atoms with E-state index in [0.29, 0.717) is 27.3 Å². The second-order valence-electron chi connectivity index (χ2n) is 4.61. The van der Waals surface area contributed by atoms with E-state index < -0.39 is 0 Å². The number of hydrogen-bond acceptors (Lipinski definition) is 1. The van der Waals surface area contributed by atoms with E-state index in [9.17, 15) is 9.18 Å². The molecular formula is C15H10BrClFNO. The van der Waals surface area contributed by atoms with E-state index in [1.54, 1.807) is 29.2 Å². The van der Waals surface area contributed by atoms with Gasteiger partial charge < -0.3 is 4.90 Å². The van der Waals surface area contributed by atoms with Crippen molar-refractivity contribution in [3.8, 4) is 0 Å². The van der Waals surface area contributed by atoms with Gasteiger partial charge in [-0.2, -0.15) is 0 Å². The molecular weight excluding hydrogens is 345 g/mol. The van der Waals surface area contributed by atoms with Crippen LogP contribution in [0.5, 0.6) is 0 Å². The van der Waals surface area contributed by atoms with Crippen molar-refractivity contribution in [2.24, 2.45) is 0 Å². The zero-order valence-electron chi connectivity index (χ0n) is 10.4. The van der Waals surface area contributed by atoms with Gasteiger partial charge in [-0.1, -0.05) is 17.7 Å². The normalized spacial score (nSPS) is 13.4. The van der Waals surface area contributed by atoms with Crippen LogP contribution in [0.1, 0.15) is 15.9 Å². The van der Waals surface area contributed by atoms with Crippen LogP contribution >= 0.6 is 27.5 Å². The molecule has 1 aliphatic heterocycles. The molecule has 0 bridgehead atoms. The van der Waals surface area contributed by atoms with E-state index in [4.69, 9.17) is 11.6 Å². The Morgan fingerprint density at radius 1 is 1.25 bits per heavy atom. The Bertz CT molecular complexity index is 704. The zero-order valence-corrected chi connectivity index (χ0v) is 12.7. The van der Waals surface area contributed by atoms with E-state index in [-0.39, 0.29) is 11.7 Å². The van der Waals surface area contributed by atoms with Crippen molar-refractivity contribution in [3.05, 3.63) is 62.8 Å². The first-order valence-corrected chi connectivity index (χ1v) is 7.29. The molecule has 5 heteroatoms. The highest BCUT2D eigenvalue weighted by Crippen LogP contribution is 2.31. The lowest BCUT2D eigenvalue weighted by atomic mass is 10.1. The summed E-state index contributed by atoms with van der Waals surface area (Å²) in [7, 11) is 0. The molecule has 0 saturated carbocycles. The average molecular weight is 355 g/mol. The first-order valence-electron chi connectivity index (χ1n) is 6.11. The summed E-state index contributed by atoms with van der Waals surface area (Å²) in [6.07, 6.45) is 0.746. The van der Waals surface area contributed by atoms with Crippen molar-refractivity contribution in [1.29, 1.82) is 0 Å². The van der Waals surface area contributed by atoms with E-state index in [1.165, 1.54) is 12.1 Å². The second kappa shape index (κ2) is 5.19. The lowest BCUT2D eigenvalue weighted by molar-refractivity contribution is 0.0989. The largest absolute Gasteiger partial charge is 0.308 e. The zero-order chi connectivity index (χ0) is 14.3. The van der Waals surface area contributed by atoms with E-state index in [1.807, 2.05) is 0 Å². The van der Waals surface area contributed by atoms with Crippen LogP contribution in [0.2, 0.25) is 5.02 Å². The summed E-state index contributed by atoms with van der Waals surface area (Å²) < 4.78 is 14.0. The molecule has 0 radical (unpaired) electrons. The van der Waals surface area contributed by atoms with Gasteiger partial charge in [0, 0.05) is 16.6 Å². The van der Waals surface area contributed by atoms with Gasteiger partial charge in [-0.05, 0) is 58.2 Å². The molecule has 3 rings (SSSR count). The Balaban J connectivity index is 1.97. The minimum atomic E-state index is -0.333. The van der Waals surface area contributed by atoms with Crippen molar-refractivity contribution >= 4 is 39.1 Å². The first-order chi connectivity index (χ1) is 9.56. The minimum Gasteiger partial charge on any atom is -0.308 e. The highest BCUT2D eigenvalue weighted by Gasteiger charge is 2.26. The molecule has 102 valence electrons. The number of nitrogens with zero attached hydrogens (tertiary/aromatic N) is 1. The van der Waals surface area contributed by atoms with Crippen molar-refractivity contribution in [2.45, 2.75) is 6.42 Å². The van der Waals surface area contributed by atoms with Gasteiger partial charge in [0.15, 0.2) is 0 Å². The van der Waals surface area contributed by atoms with Crippen LogP contribution in [-0.4, -0.2) is 12.5 Å². The van der Waals surface area contributed by atoms with Crippen LogP contribution in [0, 0.1) is 5.82 Å². The number of fused-ring (bicyclic) bond motifs is 1. The van der Waals surface area contributed by atoms with Gasteiger partial charge in [0.1, 0.15) is 5.82 Å². The Hall–Kier alpha value is -1.39. The third kappa shape index (κ3) is 2.34. The molecule has 20 heavy (non-hydrogen) atoms. The van der Waals surface area contributed by atoms with Gasteiger partial charge in [0.25, 0.3) is 5.91 Å². The fraction of sp³-hybridized carbons (Fsp3) is 0.133. The number of hydrogen-bond donors (Lipinski definition) is 0. The molecule has 2 aromatic carbocycles. The quantitative estimate of drug-likeness (QED) is 0.741. The Morgan fingerprint density at radius 3 is 2.80 bits per heavy atom. The smallest absolute Gasteiger partial charge is 0.258 e. The number of anilines is 1. The monoisotopic (exact) mass is 353 g/mol. The Morgan fingerprint density at radius 2 is 2.05 bits per heavy atom. The molecule has 0 fully saturated rings. The molecule has 0 atom stereocenters. The minimum absolute atomic E-state index is 0.147. The summed E-state index contributed by atoms with van der Waals surface area (Å²) in [5.41, 5.74) is 2.17. The molecule has 0 N–H and O–H groups in total. The van der Waals surface area contributed by atoms with Crippen molar-refractivity contribution in [1.82, 2.24) is 0 Å². The lowest BCUT2D eigenvalue weighted by Crippen LogP contribution is -2.28. The third-order valence-corrected chi connectivity index (χ3v) is 4.57. The first kappa shape index (κ1) is 13.6. The Labute approximate surface area is 129 Å². The van der Waals surface area contributed by atoms with E-state index in [0.717, 1.165) is 12.0 Å². The van der Waals surface area contributed by atoms with E-state index >= 15 is 0 Å². The van der Waals surface area contributed by atoms with Crippen LogP contribution in [0.4, 0.5) is 10.1 Å². The maximum atomic E-state index is 13.4. The van der Waals surface area contributed by atoms with Crippen LogP contribution in [0.25, 0.3) is 0 Å². The number of amides is 1. The number of rotatable bonds is 1. The van der Waals surface area contributed by atoms with E-state index in [2.05, 4.69) is 15.9 Å². The highest BCUT2D eigenvalue weighted by atomic mass is 79.9. The summed E-state index contributed by atoms with van der Waals surface area (Å²) in [6, 6.07) is 9.59. The lowest BCUT2D eigenvalue weighted by Gasteiger charge is -2.17. The molecule has 0 aromatic heterocycles. The molecule has 0 spiro atoms. The van der Waals surface area contributed by atoms with Crippen LogP contribution in [0.3, 0.4) is 0 Å². The molecule has 2 aromatic rings. The molecule has 1 aliphatic rings. The fourth-order valence-corrected chi connectivity index (χ4v) is 2.84. The van der Waals surface area contributed by atoms with Gasteiger partial charge >= 0.3 is 0 Å². The molecule has 0 unspecified atom stereocenters. The van der Waals surface area contributed by atoms with Gasteiger partial charge in [0.05, 0.1) is 10.7 Å². The summed E-state index contributed by atoms with van der Waals surface area (Å²) in [5, 5.41) is 0.550. The summed E-state index contributed by atoms with van der Waals surface area (Å²) >= 11 is 9.23.